The van der Waals surface area contributed by atoms with E-state index in [0.29, 0.717) is 16.5 Å². The molecule has 1 aliphatic rings. The number of fused-ring (bicyclic) bond motifs is 1. The molecule has 0 spiro atoms. The fraction of sp³-hybridized carbons (Fsp3) is 0.417. The number of nitrogens with zero attached hydrogens (tertiary/aromatic N) is 1. The number of benzene rings is 1. The van der Waals surface area contributed by atoms with Crippen LogP contribution in [0.4, 0.5) is 10.1 Å². The lowest BCUT2D eigenvalue weighted by Crippen LogP contribution is -2.41. The molecule has 0 aliphatic carbocycles. The first-order chi connectivity index (χ1) is 7.93. The molecule has 5 heteroatoms. The minimum Gasteiger partial charge on any atom is -0.506 e. The van der Waals surface area contributed by atoms with Crippen LogP contribution in [-0.4, -0.2) is 17.1 Å². The predicted molar refractivity (Wildman–Crippen MR) is 66.7 cm³/mol. The third kappa shape index (κ3) is 1.92. The van der Waals surface area contributed by atoms with Crippen LogP contribution in [0.3, 0.4) is 0 Å². The number of rotatable bonds is 0. The van der Waals surface area contributed by atoms with Crippen LogP contribution in [0.25, 0.3) is 0 Å². The van der Waals surface area contributed by atoms with Gasteiger partial charge in [0.15, 0.2) is 0 Å². The lowest BCUT2D eigenvalue weighted by Gasteiger charge is -2.35. The number of aromatic hydroxyl groups is 1. The highest BCUT2D eigenvalue weighted by molar-refractivity contribution is 9.10. The van der Waals surface area contributed by atoms with Crippen molar-refractivity contribution in [2.45, 2.75) is 32.7 Å². The molecule has 92 valence electrons. The van der Waals surface area contributed by atoms with E-state index in [2.05, 4.69) is 15.9 Å². The zero-order valence-electron chi connectivity index (χ0n) is 9.63. The summed E-state index contributed by atoms with van der Waals surface area (Å²) in [4.78, 5) is 13.0. The minimum absolute atomic E-state index is 0.0274. The molecule has 3 nitrogen and oxygen atoms in total. The van der Waals surface area contributed by atoms with E-state index in [-0.39, 0.29) is 23.4 Å². The molecule has 0 aromatic heterocycles. The van der Waals surface area contributed by atoms with Gasteiger partial charge in [-0.3, -0.25) is 4.79 Å². The lowest BCUT2D eigenvalue weighted by molar-refractivity contribution is -0.117. The molecule has 0 fully saturated rings. The van der Waals surface area contributed by atoms with E-state index in [9.17, 15) is 14.3 Å². The maximum Gasteiger partial charge on any atom is 0.224 e. The maximum absolute atomic E-state index is 14.0. The van der Waals surface area contributed by atoms with E-state index in [1.807, 2.05) is 6.92 Å². The molecule has 17 heavy (non-hydrogen) atoms. The van der Waals surface area contributed by atoms with E-state index in [4.69, 9.17) is 0 Å². The molecule has 1 N–H and O–H groups in total. The lowest BCUT2D eigenvalue weighted by atomic mass is 9.95. The third-order valence-electron chi connectivity index (χ3n) is 3.11. The average molecular weight is 302 g/mol. The van der Waals surface area contributed by atoms with E-state index < -0.39 is 5.82 Å². The number of carbonyl (C=O) groups is 1. The first kappa shape index (κ1) is 12.4. The third-order valence-corrected chi connectivity index (χ3v) is 3.72. The topological polar surface area (TPSA) is 40.5 Å². The summed E-state index contributed by atoms with van der Waals surface area (Å²) < 4.78 is 14.3. The van der Waals surface area contributed by atoms with E-state index in [0.717, 1.165) is 6.42 Å². The van der Waals surface area contributed by atoms with Crippen molar-refractivity contribution in [2.75, 3.05) is 4.90 Å². The second-order valence-corrected chi connectivity index (χ2v) is 5.15. The number of amides is 1. The highest BCUT2D eigenvalue weighted by Gasteiger charge is 2.31. The van der Waals surface area contributed by atoms with Gasteiger partial charge in [-0.2, -0.15) is 0 Å². The fourth-order valence-electron chi connectivity index (χ4n) is 2.32. The molecular weight excluding hydrogens is 289 g/mol. The number of anilines is 1. The van der Waals surface area contributed by atoms with Crippen molar-refractivity contribution in [1.29, 1.82) is 0 Å². The molecule has 1 heterocycles. The predicted octanol–water partition coefficient (Wildman–Crippen LogP) is 2.98. The Kier molecular flexibility index (Phi) is 3.12. The summed E-state index contributed by atoms with van der Waals surface area (Å²) in [6.45, 7) is 3.28. The zero-order valence-corrected chi connectivity index (χ0v) is 11.2. The largest absolute Gasteiger partial charge is 0.506 e. The van der Waals surface area contributed by atoms with Gasteiger partial charge in [-0.1, -0.05) is 0 Å². The van der Waals surface area contributed by atoms with E-state index in [1.165, 1.54) is 17.9 Å². The van der Waals surface area contributed by atoms with Gasteiger partial charge < -0.3 is 10.0 Å². The highest BCUT2D eigenvalue weighted by Crippen LogP contribution is 2.42. The van der Waals surface area contributed by atoms with E-state index >= 15 is 0 Å². The standard InChI is InChI=1S/C12H13BrFNO2/c1-6-3-4-8-11(15(6)7(2)16)10(14)5-9(13)12(8)17/h5-6,17H,3-4H2,1-2H3/t6-/m0/s1. The van der Waals surface area contributed by atoms with Crippen LogP contribution in [0.2, 0.25) is 0 Å². The van der Waals surface area contributed by atoms with Crippen molar-refractivity contribution in [1.82, 2.24) is 0 Å². The molecule has 0 bridgehead atoms. The quantitative estimate of drug-likeness (QED) is 0.800. The monoisotopic (exact) mass is 301 g/mol. The van der Waals surface area contributed by atoms with Gasteiger partial charge in [0.05, 0.1) is 10.2 Å². The van der Waals surface area contributed by atoms with Crippen LogP contribution in [0.1, 0.15) is 25.8 Å². The molecule has 1 amide bonds. The van der Waals surface area contributed by atoms with Crippen LogP contribution in [0.15, 0.2) is 10.5 Å². The number of carbonyl (C=O) groups excluding carboxylic acids is 1. The van der Waals surface area contributed by atoms with Crippen molar-refractivity contribution >= 4 is 27.5 Å². The number of phenolic OH excluding ortho intramolecular Hbond substituents is 1. The molecule has 0 radical (unpaired) electrons. The van der Waals surface area contributed by atoms with Gasteiger partial charge in [0.25, 0.3) is 0 Å². The smallest absolute Gasteiger partial charge is 0.224 e. The van der Waals surface area contributed by atoms with Crippen molar-refractivity contribution < 1.29 is 14.3 Å². The summed E-state index contributed by atoms with van der Waals surface area (Å²) >= 11 is 3.10. The van der Waals surface area contributed by atoms with Crippen LogP contribution in [-0.2, 0) is 11.2 Å². The molecular formula is C12H13BrFNO2. The highest BCUT2D eigenvalue weighted by atomic mass is 79.9. The fourth-order valence-corrected chi connectivity index (χ4v) is 2.76. The first-order valence-electron chi connectivity index (χ1n) is 5.43. The van der Waals surface area contributed by atoms with Gasteiger partial charge in [0, 0.05) is 18.5 Å². The summed E-state index contributed by atoms with van der Waals surface area (Å²) in [5.41, 5.74) is 0.724. The Labute approximate surface area is 107 Å². The van der Waals surface area contributed by atoms with Gasteiger partial charge >= 0.3 is 0 Å². The molecule has 1 aromatic rings. The Morgan fingerprint density at radius 1 is 1.65 bits per heavy atom. The molecule has 0 saturated carbocycles. The summed E-state index contributed by atoms with van der Waals surface area (Å²) in [5, 5.41) is 9.90. The van der Waals surface area contributed by atoms with Gasteiger partial charge in [-0.25, -0.2) is 4.39 Å². The Morgan fingerprint density at radius 3 is 2.88 bits per heavy atom. The van der Waals surface area contributed by atoms with Crippen LogP contribution < -0.4 is 4.90 Å². The van der Waals surface area contributed by atoms with Crippen molar-refractivity contribution in [2.24, 2.45) is 0 Å². The molecule has 0 saturated heterocycles. The molecule has 1 aromatic carbocycles. The van der Waals surface area contributed by atoms with Crippen LogP contribution in [0, 0.1) is 5.82 Å². The maximum atomic E-state index is 14.0. The molecule has 0 unspecified atom stereocenters. The normalized spacial score (nSPS) is 19.1. The van der Waals surface area contributed by atoms with E-state index in [1.54, 1.807) is 0 Å². The Hall–Kier alpha value is -1.10. The van der Waals surface area contributed by atoms with Gasteiger partial charge in [-0.15, -0.1) is 0 Å². The van der Waals surface area contributed by atoms with Crippen molar-refractivity contribution in [3.63, 3.8) is 0 Å². The molecule has 1 atom stereocenters. The van der Waals surface area contributed by atoms with Crippen LogP contribution in [0.5, 0.6) is 5.75 Å². The summed E-state index contributed by atoms with van der Waals surface area (Å²) in [7, 11) is 0. The number of phenols is 1. The number of halogens is 2. The second kappa shape index (κ2) is 4.29. The van der Waals surface area contributed by atoms with Crippen molar-refractivity contribution in [3.05, 3.63) is 21.9 Å². The Morgan fingerprint density at radius 2 is 2.29 bits per heavy atom. The van der Waals surface area contributed by atoms with Crippen LogP contribution >= 0.6 is 15.9 Å². The molecule has 1 aliphatic heterocycles. The summed E-state index contributed by atoms with van der Waals surface area (Å²) in [5.74, 6) is -0.662. The van der Waals surface area contributed by atoms with Gasteiger partial charge in [-0.05, 0) is 41.8 Å². The summed E-state index contributed by atoms with van der Waals surface area (Å²) in [6, 6.07) is 1.15. The molecule has 2 rings (SSSR count). The summed E-state index contributed by atoms with van der Waals surface area (Å²) in [6.07, 6.45) is 1.29. The average Bonchev–Trinajstić information content (AvgIpc) is 2.25. The zero-order chi connectivity index (χ0) is 12.7. The minimum atomic E-state index is -0.480. The Balaban J connectivity index is 2.67. The van der Waals surface area contributed by atoms with Gasteiger partial charge in [0.2, 0.25) is 5.91 Å². The number of hydrogen-bond donors (Lipinski definition) is 1. The van der Waals surface area contributed by atoms with Crippen molar-refractivity contribution in [3.8, 4) is 5.75 Å². The second-order valence-electron chi connectivity index (χ2n) is 4.29. The SMILES string of the molecule is CC(=O)N1c2c(F)cc(Br)c(O)c2CC[C@@H]1C. The number of hydrogen-bond acceptors (Lipinski definition) is 2. The van der Waals surface area contributed by atoms with Gasteiger partial charge in [0.1, 0.15) is 11.6 Å². The Bertz CT molecular complexity index is 490. The first-order valence-corrected chi connectivity index (χ1v) is 6.22.